The molecule has 2 aromatic heterocycles. The van der Waals surface area contributed by atoms with Crippen LogP contribution in [0.1, 0.15) is 33.4 Å². The van der Waals surface area contributed by atoms with Crippen LogP contribution < -0.4 is 10.2 Å². The first-order valence-corrected chi connectivity index (χ1v) is 12.7. The Morgan fingerprint density at radius 3 is 2.48 bits per heavy atom. The first-order valence-electron chi connectivity index (χ1n) is 10.7. The quantitative estimate of drug-likeness (QED) is 0.516. The molecule has 0 spiro atoms. The van der Waals surface area contributed by atoms with E-state index >= 15 is 0 Å². The lowest BCUT2D eigenvalue weighted by molar-refractivity contribution is 0.00578. The Morgan fingerprint density at radius 1 is 1.15 bits per heavy atom. The largest absolute Gasteiger partial charge is 0.495 e. The van der Waals surface area contributed by atoms with Crippen LogP contribution in [0.3, 0.4) is 0 Å². The van der Waals surface area contributed by atoms with Gasteiger partial charge in [-0.15, -0.1) is 0 Å². The summed E-state index contributed by atoms with van der Waals surface area (Å²) in [4.78, 5) is 4.45. The van der Waals surface area contributed by atoms with E-state index in [1.165, 1.54) is 6.26 Å². The number of aromatic nitrogens is 3. The second kappa shape index (κ2) is 8.39. The molecule has 176 valence electrons. The van der Waals surface area contributed by atoms with Crippen molar-refractivity contribution < 1.29 is 27.6 Å². The van der Waals surface area contributed by atoms with Crippen molar-refractivity contribution in [3.63, 3.8) is 0 Å². The Balaban J connectivity index is 1.81. The molecule has 0 unspecified atom stereocenters. The first kappa shape index (κ1) is 23.7. The highest BCUT2D eigenvalue weighted by molar-refractivity contribution is 7.90. The van der Waals surface area contributed by atoms with Gasteiger partial charge in [0.2, 0.25) is 0 Å². The van der Waals surface area contributed by atoms with Crippen LogP contribution in [0.4, 0.5) is 0 Å². The molecule has 1 aliphatic heterocycles. The minimum absolute atomic E-state index is 0.00415. The number of pyridine rings is 1. The van der Waals surface area contributed by atoms with Crippen molar-refractivity contribution >= 4 is 33.3 Å². The predicted molar refractivity (Wildman–Crippen MR) is 126 cm³/mol. The lowest BCUT2D eigenvalue weighted by Gasteiger charge is -2.32. The number of nitrogens with zero attached hydrogens (tertiary/aromatic N) is 3. The summed E-state index contributed by atoms with van der Waals surface area (Å²) in [6.45, 7) is 7.72. The summed E-state index contributed by atoms with van der Waals surface area (Å²) in [5.41, 5.74) is 0.875. The fourth-order valence-electron chi connectivity index (χ4n) is 3.51. The lowest BCUT2D eigenvalue weighted by Crippen LogP contribution is -2.41. The second-order valence-electron chi connectivity index (χ2n) is 9.22. The Bertz CT molecular complexity index is 1270. The number of aliphatic hydroxyl groups excluding tert-OH is 1. The minimum Gasteiger partial charge on any atom is -0.492 e. The molecule has 0 aliphatic carbocycles. The van der Waals surface area contributed by atoms with Gasteiger partial charge in [0.25, 0.3) is 0 Å². The van der Waals surface area contributed by atoms with Crippen molar-refractivity contribution in [1.82, 2.24) is 14.8 Å². The maximum atomic E-state index is 11.6. The maximum Gasteiger partial charge on any atom is 0.495 e. The van der Waals surface area contributed by atoms with E-state index in [2.05, 4.69) is 10.1 Å². The van der Waals surface area contributed by atoms with Gasteiger partial charge in [0.15, 0.2) is 15.7 Å². The number of hydrogen-bond acceptors (Lipinski definition) is 8. The Kier molecular flexibility index (Phi) is 6.02. The number of fused-ring (bicyclic) bond motifs is 1. The zero-order valence-corrected chi connectivity index (χ0v) is 20.2. The smallest absolute Gasteiger partial charge is 0.492 e. The third kappa shape index (κ3) is 4.77. The van der Waals surface area contributed by atoms with Crippen LogP contribution in [0, 0.1) is 0 Å². The van der Waals surface area contributed by atoms with Gasteiger partial charge in [0.1, 0.15) is 12.4 Å². The van der Waals surface area contributed by atoms with Crippen LogP contribution in [0.5, 0.6) is 5.75 Å². The van der Waals surface area contributed by atoms with Gasteiger partial charge in [-0.3, -0.25) is 0 Å². The topological polar surface area (TPSA) is 113 Å². The molecule has 0 radical (unpaired) electrons. The highest BCUT2D eigenvalue weighted by atomic mass is 32.2. The van der Waals surface area contributed by atoms with E-state index in [0.29, 0.717) is 28.2 Å². The Morgan fingerprint density at radius 2 is 1.85 bits per heavy atom. The Labute approximate surface area is 193 Å². The van der Waals surface area contributed by atoms with Gasteiger partial charge in [-0.1, -0.05) is 6.07 Å². The number of aliphatic hydroxyl groups is 1. The fraction of sp³-hybridized carbons (Fsp3) is 0.455. The van der Waals surface area contributed by atoms with Crippen LogP contribution in [-0.2, 0) is 25.8 Å². The summed E-state index contributed by atoms with van der Waals surface area (Å²) in [5, 5.41) is 14.6. The van der Waals surface area contributed by atoms with Crippen LogP contribution >= 0.6 is 0 Å². The van der Waals surface area contributed by atoms with Crippen molar-refractivity contribution in [2.75, 3.05) is 18.6 Å². The molecular weight excluding hydrogens is 445 g/mol. The average Bonchev–Trinajstić information content (AvgIpc) is 3.25. The van der Waals surface area contributed by atoms with Crippen molar-refractivity contribution in [2.24, 2.45) is 0 Å². The molecule has 33 heavy (non-hydrogen) atoms. The van der Waals surface area contributed by atoms with Crippen LogP contribution in [-0.4, -0.2) is 65.2 Å². The zero-order valence-electron chi connectivity index (χ0n) is 19.4. The fourth-order valence-corrected chi connectivity index (χ4v) is 3.89. The molecule has 1 aromatic carbocycles. The molecule has 1 aliphatic rings. The molecule has 9 nitrogen and oxygen atoms in total. The van der Waals surface area contributed by atoms with E-state index in [1.807, 2.05) is 33.8 Å². The summed E-state index contributed by atoms with van der Waals surface area (Å²) < 4.78 is 43.2. The molecule has 3 aromatic rings. The van der Waals surface area contributed by atoms with E-state index in [1.54, 1.807) is 35.1 Å². The molecule has 1 fully saturated rings. The molecule has 0 saturated carbocycles. The molecule has 3 heterocycles. The predicted octanol–water partition coefficient (Wildman–Crippen LogP) is 1.64. The SMILES string of the molecule is CC1(C)OB(c2cc(OCCS(C)(=O)=O)c3cnn(-c4cccc(CO)n4)c3c2)OC1(C)C. The highest BCUT2D eigenvalue weighted by Gasteiger charge is 2.52. The normalized spacial score (nSPS) is 17.6. The highest BCUT2D eigenvalue weighted by Crippen LogP contribution is 2.37. The lowest BCUT2D eigenvalue weighted by atomic mass is 9.78. The van der Waals surface area contributed by atoms with Gasteiger partial charge in [-0.25, -0.2) is 18.1 Å². The number of benzene rings is 1. The molecule has 0 amide bonds. The molecule has 0 atom stereocenters. The molecule has 4 rings (SSSR count). The molecular formula is C22H28BN3O6S. The molecule has 1 saturated heterocycles. The summed E-state index contributed by atoms with van der Waals surface area (Å²) in [6, 6.07) is 9.02. The number of sulfone groups is 1. The van der Waals surface area contributed by atoms with E-state index in [-0.39, 0.29) is 19.0 Å². The summed E-state index contributed by atoms with van der Waals surface area (Å²) in [5.74, 6) is 0.902. The summed E-state index contributed by atoms with van der Waals surface area (Å²) in [7, 11) is -3.82. The van der Waals surface area contributed by atoms with E-state index in [9.17, 15) is 13.5 Å². The van der Waals surface area contributed by atoms with Gasteiger partial charge in [-0.2, -0.15) is 5.10 Å². The summed E-state index contributed by atoms with van der Waals surface area (Å²) in [6.07, 6.45) is 2.82. The van der Waals surface area contributed by atoms with Crippen molar-refractivity contribution in [3.05, 3.63) is 42.2 Å². The van der Waals surface area contributed by atoms with Crippen LogP contribution in [0.2, 0.25) is 0 Å². The first-order chi connectivity index (χ1) is 15.4. The number of rotatable bonds is 7. The second-order valence-corrected chi connectivity index (χ2v) is 11.5. The average molecular weight is 473 g/mol. The minimum atomic E-state index is -3.18. The third-order valence-electron chi connectivity index (χ3n) is 6.08. The van der Waals surface area contributed by atoms with Crippen LogP contribution in [0.25, 0.3) is 16.7 Å². The maximum absolute atomic E-state index is 11.6. The third-order valence-corrected chi connectivity index (χ3v) is 6.99. The molecule has 11 heteroatoms. The standard InChI is InChI=1S/C22H28BN3O6S/c1-21(2)22(3,4)32-23(31-21)15-11-18-17(19(12-15)30-9-10-33(5,28)29)13-24-26(18)20-8-6-7-16(14-27)25-20/h6-8,11-13,27H,9-10,14H2,1-5H3. The van der Waals surface area contributed by atoms with Gasteiger partial charge in [0, 0.05) is 6.26 Å². The van der Waals surface area contributed by atoms with Gasteiger partial charge >= 0.3 is 7.12 Å². The van der Waals surface area contributed by atoms with Gasteiger partial charge in [-0.05, 0) is 57.4 Å². The van der Waals surface area contributed by atoms with E-state index < -0.39 is 28.2 Å². The monoisotopic (exact) mass is 473 g/mol. The number of ether oxygens (including phenoxy) is 1. The summed E-state index contributed by atoms with van der Waals surface area (Å²) >= 11 is 0. The van der Waals surface area contributed by atoms with Crippen molar-refractivity contribution in [3.8, 4) is 11.6 Å². The number of hydrogen-bond donors (Lipinski definition) is 1. The molecule has 0 bridgehead atoms. The zero-order chi connectivity index (χ0) is 24.0. The van der Waals surface area contributed by atoms with Gasteiger partial charge in [0.05, 0.1) is 46.4 Å². The van der Waals surface area contributed by atoms with Crippen molar-refractivity contribution in [2.45, 2.75) is 45.5 Å². The Hall–Kier alpha value is -2.47. The van der Waals surface area contributed by atoms with E-state index in [4.69, 9.17) is 14.0 Å². The van der Waals surface area contributed by atoms with Gasteiger partial charge < -0.3 is 19.2 Å². The molecule has 1 N–H and O–H groups in total. The van der Waals surface area contributed by atoms with Crippen LogP contribution in [0.15, 0.2) is 36.5 Å². The van der Waals surface area contributed by atoms with Crippen molar-refractivity contribution in [1.29, 1.82) is 0 Å². The van der Waals surface area contributed by atoms with E-state index in [0.717, 1.165) is 5.46 Å².